The van der Waals surface area contributed by atoms with E-state index in [4.69, 9.17) is 0 Å². The van der Waals surface area contributed by atoms with E-state index >= 15 is 0 Å². The molecule has 8 heteroatoms. The van der Waals surface area contributed by atoms with Crippen LogP contribution in [0.25, 0.3) is 0 Å². The summed E-state index contributed by atoms with van der Waals surface area (Å²) in [5, 5.41) is 13.3. The van der Waals surface area contributed by atoms with E-state index in [1.54, 1.807) is 11.0 Å². The van der Waals surface area contributed by atoms with Crippen molar-refractivity contribution in [3.63, 3.8) is 0 Å². The van der Waals surface area contributed by atoms with Crippen LogP contribution in [0.15, 0.2) is 18.2 Å². The van der Waals surface area contributed by atoms with Crippen molar-refractivity contribution in [1.29, 1.82) is 0 Å². The number of benzene rings is 1. The maximum atomic E-state index is 13.7. The lowest BCUT2D eigenvalue weighted by atomic mass is 9.54. The standard InChI is InChI=1S/C24H32FN5O2/c1-14-8-9-15(25)12-17(14)26-21(32)30-13-16-18(23(30,5)6)28-29-19(16)27-20(31)24(10-7-11-24)22(2,3)4/h8-9,12H,7,10-11,13H2,1-6H3,(H,26,32)(H2,27,28,29,31). The molecule has 0 bridgehead atoms. The van der Waals surface area contributed by atoms with Gasteiger partial charge in [-0.05, 0) is 56.7 Å². The van der Waals surface area contributed by atoms with Crippen LogP contribution >= 0.6 is 0 Å². The van der Waals surface area contributed by atoms with Gasteiger partial charge in [-0.1, -0.05) is 33.3 Å². The summed E-state index contributed by atoms with van der Waals surface area (Å²) in [5.41, 5.74) is 1.58. The fraction of sp³-hybridized carbons (Fsp3) is 0.542. The largest absolute Gasteiger partial charge is 0.322 e. The molecule has 0 spiro atoms. The molecule has 2 aromatic rings. The van der Waals surface area contributed by atoms with E-state index in [-0.39, 0.29) is 23.9 Å². The highest BCUT2D eigenvalue weighted by atomic mass is 19.1. The third kappa shape index (κ3) is 3.36. The molecule has 1 aromatic carbocycles. The Hall–Kier alpha value is -2.90. The SMILES string of the molecule is Cc1ccc(F)cc1NC(=O)N1Cc2c(NC(=O)C3(C(C)(C)C)CCC3)n[nH]c2C1(C)C. The molecule has 172 valence electrons. The van der Waals surface area contributed by atoms with Crippen LogP contribution < -0.4 is 10.6 Å². The van der Waals surface area contributed by atoms with Gasteiger partial charge >= 0.3 is 6.03 Å². The van der Waals surface area contributed by atoms with Gasteiger partial charge in [0.2, 0.25) is 5.91 Å². The molecule has 0 unspecified atom stereocenters. The average Bonchev–Trinajstić information content (AvgIpc) is 3.14. The number of aromatic nitrogens is 2. The number of nitrogens with zero attached hydrogens (tertiary/aromatic N) is 2. The molecule has 0 radical (unpaired) electrons. The molecule has 0 saturated heterocycles. The van der Waals surface area contributed by atoms with Crippen molar-refractivity contribution in [2.75, 3.05) is 10.6 Å². The first-order valence-corrected chi connectivity index (χ1v) is 11.1. The molecule has 1 aliphatic heterocycles. The van der Waals surface area contributed by atoms with E-state index in [1.165, 1.54) is 12.1 Å². The van der Waals surface area contributed by atoms with E-state index in [9.17, 15) is 14.0 Å². The fourth-order valence-corrected chi connectivity index (χ4v) is 4.93. The zero-order valence-electron chi connectivity index (χ0n) is 19.6. The predicted octanol–water partition coefficient (Wildman–Crippen LogP) is 5.29. The van der Waals surface area contributed by atoms with Crippen LogP contribution in [0.3, 0.4) is 0 Å². The summed E-state index contributed by atoms with van der Waals surface area (Å²) in [6, 6.07) is 3.97. The first kappa shape index (κ1) is 22.3. The summed E-state index contributed by atoms with van der Waals surface area (Å²) >= 11 is 0. The van der Waals surface area contributed by atoms with Crippen LogP contribution in [0.1, 0.15) is 70.7 Å². The maximum Gasteiger partial charge on any atom is 0.322 e. The van der Waals surface area contributed by atoms with Gasteiger partial charge in [-0.2, -0.15) is 5.10 Å². The quantitative estimate of drug-likeness (QED) is 0.604. The number of hydrogen-bond donors (Lipinski definition) is 3. The number of amides is 3. The van der Waals surface area contributed by atoms with Gasteiger partial charge < -0.3 is 15.5 Å². The highest BCUT2D eigenvalue weighted by Gasteiger charge is 2.53. The van der Waals surface area contributed by atoms with Crippen LogP contribution in [0, 0.1) is 23.6 Å². The smallest absolute Gasteiger partial charge is 0.309 e. The zero-order chi connectivity index (χ0) is 23.5. The number of aromatic amines is 1. The fourth-order valence-electron chi connectivity index (χ4n) is 4.93. The molecule has 1 saturated carbocycles. The normalized spacial score (nSPS) is 18.7. The van der Waals surface area contributed by atoms with Crippen molar-refractivity contribution in [3.8, 4) is 0 Å². The van der Waals surface area contributed by atoms with Crippen molar-refractivity contribution in [3.05, 3.63) is 40.8 Å². The van der Waals surface area contributed by atoms with Crippen LogP contribution in [0.4, 0.5) is 20.7 Å². The van der Waals surface area contributed by atoms with E-state index in [1.807, 2.05) is 20.8 Å². The number of halogens is 1. The molecule has 3 amide bonds. The Kier molecular flexibility index (Phi) is 5.10. The number of fused-ring (bicyclic) bond motifs is 1. The predicted molar refractivity (Wildman–Crippen MR) is 122 cm³/mol. The van der Waals surface area contributed by atoms with Crippen LogP contribution in [-0.2, 0) is 16.9 Å². The van der Waals surface area contributed by atoms with Gasteiger partial charge in [-0.25, -0.2) is 9.18 Å². The number of carbonyl (C=O) groups excluding carboxylic acids is 2. The lowest BCUT2D eigenvalue weighted by molar-refractivity contribution is -0.139. The monoisotopic (exact) mass is 441 g/mol. The van der Waals surface area contributed by atoms with E-state index < -0.39 is 16.8 Å². The number of urea groups is 1. The van der Waals surface area contributed by atoms with Crippen molar-refractivity contribution in [2.45, 2.75) is 72.9 Å². The third-order valence-corrected chi connectivity index (χ3v) is 7.47. The molecule has 7 nitrogen and oxygen atoms in total. The van der Waals surface area contributed by atoms with E-state index in [0.717, 1.165) is 36.1 Å². The minimum atomic E-state index is -0.672. The summed E-state index contributed by atoms with van der Waals surface area (Å²) in [5.74, 6) is 0.0576. The van der Waals surface area contributed by atoms with Gasteiger partial charge in [-0.3, -0.25) is 9.89 Å². The number of H-pyrrole nitrogens is 1. The lowest BCUT2D eigenvalue weighted by Crippen LogP contribution is -2.51. The molecule has 1 aliphatic carbocycles. The Labute approximate surface area is 188 Å². The highest BCUT2D eigenvalue weighted by Crippen LogP contribution is 2.54. The zero-order valence-corrected chi connectivity index (χ0v) is 19.6. The molecule has 2 aliphatic rings. The number of hydrogen-bond acceptors (Lipinski definition) is 3. The Bertz CT molecular complexity index is 1080. The minimum absolute atomic E-state index is 0.0124. The Morgan fingerprint density at radius 3 is 2.47 bits per heavy atom. The topological polar surface area (TPSA) is 90.1 Å². The summed E-state index contributed by atoms with van der Waals surface area (Å²) < 4.78 is 13.7. The van der Waals surface area contributed by atoms with Crippen LogP contribution in [0.5, 0.6) is 0 Å². The Balaban J connectivity index is 1.55. The van der Waals surface area contributed by atoms with Crippen molar-refractivity contribution < 1.29 is 14.0 Å². The first-order valence-electron chi connectivity index (χ1n) is 11.1. The van der Waals surface area contributed by atoms with E-state index in [2.05, 4.69) is 41.6 Å². The van der Waals surface area contributed by atoms with Crippen LogP contribution in [-0.4, -0.2) is 27.0 Å². The molecule has 2 heterocycles. The van der Waals surface area contributed by atoms with Gasteiger partial charge in [0.25, 0.3) is 0 Å². The molecular formula is C24H32FN5O2. The molecule has 0 atom stereocenters. The summed E-state index contributed by atoms with van der Waals surface area (Å²) in [6.45, 7) is 12.2. The Morgan fingerprint density at radius 1 is 1.19 bits per heavy atom. The summed E-state index contributed by atoms with van der Waals surface area (Å²) in [4.78, 5) is 28.0. The van der Waals surface area contributed by atoms with Gasteiger partial charge in [-0.15, -0.1) is 0 Å². The second-order valence-electron chi connectivity index (χ2n) is 10.6. The molecule has 1 fully saturated rings. The average molecular weight is 442 g/mol. The molecular weight excluding hydrogens is 409 g/mol. The molecule has 32 heavy (non-hydrogen) atoms. The molecule has 4 rings (SSSR count). The van der Waals surface area contributed by atoms with Gasteiger partial charge in [0.05, 0.1) is 23.2 Å². The molecule has 3 N–H and O–H groups in total. The van der Waals surface area contributed by atoms with Gasteiger partial charge in [0.1, 0.15) is 5.82 Å². The maximum absolute atomic E-state index is 13.7. The second-order valence-corrected chi connectivity index (χ2v) is 10.6. The number of aryl methyl sites for hydroxylation is 1. The molecule has 1 aromatic heterocycles. The van der Waals surface area contributed by atoms with E-state index in [0.29, 0.717) is 11.5 Å². The number of nitrogens with one attached hydrogen (secondary N) is 3. The number of rotatable bonds is 3. The first-order chi connectivity index (χ1) is 14.9. The van der Waals surface area contributed by atoms with Crippen molar-refractivity contribution >= 4 is 23.4 Å². The summed E-state index contributed by atoms with van der Waals surface area (Å²) in [7, 11) is 0. The highest BCUT2D eigenvalue weighted by molar-refractivity contribution is 5.97. The van der Waals surface area contributed by atoms with Gasteiger partial charge in [0, 0.05) is 11.3 Å². The second kappa shape index (κ2) is 7.32. The number of carbonyl (C=O) groups is 2. The van der Waals surface area contributed by atoms with Gasteiger partial charge in [0.15, 0.2) is 5.82 Å². The Morgan fingerprint density at radius 2 is 1.88 bits per heavy atom. The lowest BCUT2D eigenvalue weighted by Gasteiger charge is -2.49. The van der Waals surface area contributed by atoms with Crippen molar-refractivity contribution in [2.24, 2.45) is 10.8 Å². The summed E-state index contributed by atoms with van der Waals surface area (Å²) in [6.07, 6.45) is 2.77. The third-order valence-electron chi connectivity index (χ3n) is 7.47. The van der Waals surface area contributed by atoms with Crippen LogP contribution in [0.2, 0.25) is 0 Å². The minimum Gasteiger partial charge on any atom is -0.309 e. The van der Waals surface area contributed by atoms with Crippen molar-refractivity contribution in [1.82, 2.24) is 15.1 Å². The number of anilines is 2.